The molecule has 0 saturated heterocycles. The molecule has 1 aliphatic carbocycles. The molecule has 8 aromatic carbocycles. The third-order valence-corrected chi connectivity index (χ3v) is 12.4. The Morgan fingerprint density at radius 1 is 0.305 bits per heavy atom. The minimum Gasteiger partial charge on any atom is -0.248 e. The molecule has 0 radical (unpaired) electrons. The van der Waals surface area contributed by atoms with Crippen molar-refractivity contribution in [2.24, 2.45) is 0 Å². The molecule has 0 amide bonds. The molecule has 3 nitrogen and oxygen atoms in total. The van der Waals surface area contributed by atoms with E-state index in [0.717, 1.165) is 77.3 Å². The zero-order valence-corrected chi connectivity index (χ0v) is 32.0. The Balaban J connectivity index is 1.00. The van der Waals surface area contributed by atoms with Crippen LogP contribution in [0.25, 0.3) is 88.4 Å². The molecule has 3 heteroatoms. The van der Waals surface area contributed by atoms with Crippen molar-refractivity contribution in [1.29, 1.82) is 0 Å². The SMILES string of the molecule is c1ccc(-c2ccc3ccc4ccc(-c5cccc6c(-c7ccc8c9c(ccc8n7)C(c7ccccc7)(c7ccccc7)c7ccccc7-9)cccc56)nc4c3n2)cc1. The van der Waals surface area contributed by atoms with E-state index in [1.165, 1.54) is 33.4 Å². The summed E-state index contributed by atoms with van der Waals surface area (Å²) in [5.41, 5.74) is 16.0. The highest BCUT2D eigenvalue weighted by molar-refractivity contribution is 6.08. The fourth-order valence-corrected chi connectivity index (χ4v) is 9.74. The standard InChI is InChI=1S/C56H35N3/c1-4-14-36(15-5-1)49-32-28-37-26-27-38-29-33-51(59-55(38)54(37)58-49)44-24-13-21-41-42(44)22-12-23-43(41)50-34-30-46-52(57-50)35-31-48-53(46)45-20-10-11-25-47(45)56(48,39-16-6-2-7-17-39)40-18-8-3-9-19-40/h1-35H. The molecular weight excluding hydrogens is 715 g/mol. The molecular formula is C56H35N3. The van der Waals surface area contributed by atoms with Gasteiger partial charge >= 0.3 is 0 Å². The van der Waals surface area contributed by atoms with E-state index in [1.807, 2.05) is 6.07 Å². The lowest BCUT2D eigenvalue weighted by atomic mass is 9.67. The van der Waals surface area contributed by atoms with Crippen LogP contribution in [0.3, 0.4) is 0 Å². The van der Waals surface area contributed by atoms with Crippen LogP contribution < -0.4 is 0 Å². The van der Waals surface area contributed by atoms with E-state index < -0.39 is 5.41 Å². The molecule has 0 bridgehead atoms. The Bertz CT molecular complexity index is 3390. The van der Waals surface area contributed by atoms with Gasteiger partial charge in [0.15, 0.2) is 0 Å². The summed E-state index contributed by atoms with van der Waals surface area (Å²) in [7, 11) is 0. The lowest BCUT2D eigenvalue weighted by Gasteiger charge is -2.33. The van der Waals surface area contributed by atoms with Crippen molar-refractivity contribution >= 4 is 43.5 Å². The third kappa shape index (κ3) is 5.05. The first-order valence-electron chi connectivity index (χ1n) is 20.2. The number of pyridine rings is 3. The van der Waals surface area contributed by atoms with Crippen LogP contribution in [0.5, 0.6) is 0 Å². The summed E-state index contributed by atoms with van der Waals surface area (Å²) >= 11 is 0. The Hall–Kier alpha value is -7.75. The molecule has 0 aliphatic heterocycles. The predicted molar refractivity (Wildman–Crippen MR) is 243 cm³/mol. The Kier molecular flexibility index (Phi) is 7.45. The normalized spacial score (nSPS) is 12.9. The molecule has 59 heavy (non-hydrogen) atoms. The number of hydrogen-bond donors (Lipinski definition) is 0. The lowest BCUT2D eigenvalue weighted by molar-refractivity contribution is 0.769. The lowest BCUT2D eigenvalue weighted by Crippen LogP contribution is -2.28. The molecule has 3 aromatic heterocycles. The summed E-state index contributed by atoms with van der Waals surface area (Å²) in [6, 6.07) is 76.1. The van der Waals surface area contributed by atoms with Gasteiger partial charge < -0.3 is 0 Å². The van der Waals surface area contributed by atoms with Gasteiger partial charge in [0.05, 0.1) is 39.0 Å². The number of hydrogen-bond acceptors (Lipinski definition) is 3. The smallest absolute Gasteiger partial charge is 0.0972 e. The van der Waals surface area contributed by atoms with E-state index in [1.54, 1.807) is 0 Å². The fraction of sp³-hybridized carbons (Fsp3) is 0.0179. The van der Waals surface area contributed by atoms with Gasteiger partial charge in [-0.25, -0.2) is 15.0 Å². The van der Waals surface area contributed by atoms with Gasteiger partial charge in [-0.05, 0) is 68.4 Å². The largest absolute Gasteiger partial charge is 0.248 e. The van der Waals surface area contributed by atoms with E-state index in [9.17, 15) is 0 Å². The quantitative estimate of drug-likeness (QED) is 0.165. The van der Waals surface area contributed by atoms with Crippen molar-refractivity contribution in [2.45, 2.75) is 5.41 Å². The van der Waals surface area contributed by atoms with Crippen molar-refractivity contribution < 1.29 is 0 Å². The van der Waals surface area contributed by atoms with E-state index in [0.29, 0.717) is 0 Å². The van der Waals surface area contributed by atoms with Crippen LogP contribution in [0.4, 0.5) is 0 Å². The molecule has 11 aromatic rings. The van der Waals surface area contributed by atoms with Crippen molar-refractivity contribution in [1.82, 2.24) is 15.0 Å². The summed E-state index contributed by atoms with van der Waals surface area (Å²) in [4.78, 5) is 15.9. The molecule has 0 spiro atoms. The second-order valence-electron chi connectivity index (χ2n) is 15.5. The highest BCUT2D eigenvalue weighted by Gasteiger charge is 2.46. The third-order valence-electron chi connectivity index (χ3n) is 12.4. The minimum absolute atomic E-state index is 0.448. The van der Waals surface area contributed by atoms with Crippen LogP contribution in [0.15, 0.2) is 212 Å². The van der Waals surface area contributed by atoms with Gasteiger partial charge in [0.25, 0.3) is 0 Å². The average molecular weight is 750 g/mol. The number of nitrogens with zero attached hydrogens (tertiary/aromatic N) is 3. The maximum Gasteiger partial charge on any atom is 0.0972 e. The Labute approximate surface area is 342 Å². The van der Waals surface area contributed by atoms with Crippen LogP contribution in [-0.2, 0) is 5.41 Å². The van der Waals surface area contributed by atoms with Gasteiger partial charge in [0.1, 0.15) is 0 Å². The number of benzene rings is 8. The van der Waals surface area contributed by atoms with Gasteiger partial charge in [0.2, 0.25) is 0 Å². The van der Waals surface area contributed by atoms with E-state index in [2.05, 4.69) is 206 Å². The Morgan fingerprint density at radius 3 is 1.47 bits per heavy atom. The zero-order chi connectivity index (χ0) is 38.9. The van der Waals surface area contributed by atoms with E-state index in [-0.39, 0.29) is 0 Å². The molecule has 12 rings (SSSR count). The minimum atomic E-state index is -0.448. The van der Waals surface area contributed by atoms with Crippen molar-refractivity contribution in [3.8, 4) is 44.9 Å². The molecule has 3 heterocycles. The van der Waals surface area contributed by atoms with Crippen molar-refractivity contribution in [3.05, 3.63) is 235 Å². The van der Waals surface area contributed by atoms with Gasteiger partial charge in [-0.1, -0.05) is 188 Å². The van der Waals surface area contributed by atoms with Crippen LogP contribution in [0.2, 0.25) is 0 Å². The van der Waals surface area contributed by atoms with Crippen LogP contribution in [0, 0.1) is 0 Å². The van der Waals surface area contributed by atoms with Crippen LogP contribution in [0.1, 0.15) is 22.3 Å². The second kappa shape index (κ2) is 13.2. The predicted octanol–water partition coefficient (Wildman–Crippen LogP) is 13.8. The summed E-state index contributed by atoms with van der Waals surface area (Å²) in [6.07, 6.45) is 0. The summed E-state index contributed by atoms with van der Waals surface area (Å²) in [5.74, 6) is 0. The molecule has 274 valence electrons. The fourth-order valence-electron chi connectivity index (χ4n) is 9.74. The first-order chi connectivity index (χ1) is 29.3. The Morgan fingerprint density at radius 2 is 0.814 bits per heavy atom. The molecule has 0 atom stereocenters. The maximum atomic E-state index is 5.43. The monoisotopic (exact) mass is 749 g/mol. The highest BCUT2D eigenvalue weighted by Crippen LogP contribution is 2.57. The average Bonchev–Trinajstić information content (AvgIpc) is 3.63. The summed E-state index contributed by atoms with van der Waals surface area (Å²) in [5, 5.41) is 5.57. The topological polar surface area (TPSA) is 38.7 Å². The molecule has 0 unspecified atom stereocenters. The van der Waals surface area contributed by atoms with Crippen molar-refractivity contribution in [3.63, 3.8) is 0 Å². The molecule has 0 saturated carbocycles. The van der Waals surface area contributed by atoms with Gasteiger partial charge in [-0.2, -0.15) is 0 Å². The van der Waals surface area contributed by atoms with Gasteiger partial charge in [-0.15, -0.1) is 0 Å². The number of aromatic nitrogens is 3. The summed E-state index contributed by atoms with van der Waals surface area (Å²) in [6.45, 7) is 0. The first kappa shape index (κ1) is 33.4. The van der Waals surface area contributed by atoms with E-state index >= 15 is 0 Å². The molecule has 0 fully saturated rings. The zero-order valence-electron chi connectivity index (χ0n) is 32.0. The highest BCUT2D eigenvalue weighted by atomic mass is 14.8. The van der Waals surface area contributed by atoms with Crippen LogP contribution >= 0.6 is 0 Å². The summed E-state index contributed by atoms with van der Waals surface area (Å²) < 4.78 is 0. The number of rotatable bonds is 5. The maximum absolute atomic E-state index is 5.43. The van der Waals surface area contributed by atoms with Gasteiger partial charge in [0, 0.05) is 32.8 Å². The molecule has 0 N–H and O–H groups in total. The molecule has 1 aliphatic rings. The van der Waals surface area contributed by atoms with Crippen LogP contribution in [-0.4, -0.2) is 15.0 Å². The van der Waals surface area contributed by atoms with Gasteiger partial charge in [-0.3, -0.25) is 0 Å². The number of fused-ring (bicyclic) bond motifs is 9. The second-order valence-corrected chi connectivity index (χ2v) is 15.5. The van der Waals surface area contributed by atoms with Crippen molar-refractivity contribution in [2.75, 3.05) is 0 Å². The first-order valence-corrected chi connectivity index (χ1v) is 20.2. The van der Waals surface area contributed by atoms with E-state index in [4.69, 9.17) is 15.0 Å².